The summed E-state index contributed by atoms with van der Waals surface area (Å²) in [6.45, 7) is 1.36. The highest BCUT2D eigenvalue weighted by molar-refractivity contribution is 5.88. The molecule has 0 aliphatic heterocycles. The van der Waals surface area contributed by atoms with Crippen molar-refractivity contribution >= 4 is 10.8 Å². The molecule has 0 heterocycles. The minimum absolute atomic E-state index is 0.174. The summed E-state index contributed by atoms with van der Waals surface area (Å²) in [5.41, 5.74) is -0.528. The van der Waals surface area contributed by atoms with Gasteiger partial charge in [0.2, 0.25) is 0 Å². The number of hydrogen-bond donors (Lipinski definition) is 0. The van der Waals surface area contributed by atoms with Gasteiger partial charge in [-0.15, -0.1) is 0 Å². The smallest absolute Gasteiger partial charge is 0.195 e. The molecule has 18 heavy (non-hydrogen) atoms. The van der Waals surface area contributed by atoms with Gasteiger partial charge in [0, 0.05) is 17.0 Å². The first kappa shape index (κ1) is 12.7. The number of hydrogen-bond acceptors (Lipinski definition) is 0. The summed E-state index contributed by atoms with van der Waals surface area (Å²) >= 11 is 0. The molecule has 0 radical (unpaired) electrons. The Bertz CT molecular complexity index is 647. The molecule has 0 amide bonds. The Kier molecular flexibility index (Phi) is 2.96. The molecule has 2 aromatic carbocycles. The van der Waals surface area contributed by atoms with E-state index < -0.39 is 51.2 Å². The summed E-state index contributed by atoms with van der Waals surface area (Å²) in [6, 6.07) is 0.174. The Balaban J connectivity index is 3.15. The Morgan fingerprint density at radius 1 is 0.722 bits per heavy atom. The fourth-order valence-electron chi connectivity index (χ4n) is 1.88. The average Bonchev–Trinajstić information content (AvgIpc) is 2.33. The summed E-state index contributed by atoms with van der Waals surface area (Å²) in [5, 5.41) is -1.98. The van der Waals surface area contributed by atoms with Crippen molar-refractivity contribution in [3.05, 3.63) is 46.5 Å². The van der Waals surface area contributed by atoms with Crippen molar-refractivity contribution in [1.29, 1.82) is 0 Å². The van der Waals surface area contributed by atoms with Crippen LogP contribution in [0.2, 0.25) is 0 Å². The number of fused-ring (bicyclic) bond motifs is 1. The van der Waals surface area contributed by atoms with E-state index in [1.807, 2.05) is 0 Å². The Morgan fingerprint density at radius 2 is 1.33 bits per heavy atom. The van der Waals surface area contributed by atoms with Crippen molar-refractivity contribution in [2.75, 3.05) is 0 Å². The van der Waals surface area contributed by atoms with E-state index in [0.717, 1.165) is 0 Å². The zero-order chi connectivity index (χ0) is 13.6. The molecule has 0 bridgehead atoms. The molecule has 0 spiro atoms. The fourth-order valence-corrected chi connectivity index (χ4v) is 1.88. The van der Waals surface area contributed by atoms with Crippen LogP contribution >= 0.6 is 0 Å². The number of rotatable bonds is 1. The summed E-state index contributed by atoms with van der Waals surface area (Å²) < 4.78 is 79.9. The first-order valence-electron chi connectivity index (χ1n) is 5.02. The lowest BCUT2D eigenvalue weighted by molar-refractivity contribution is 0.441. The van der Waals surface area contributed by atoms with E-state index in [1.165, 1.54) is 6.92 Å². The summed E-state index contributed by atoms with van der Waals surface area (Å²) in [6.07, 6.45) is -0.193. The standard InChI is InChI=1S/C12H6F6/c1-2-4-7-5(13)3-6(14)10(16)8(7)11(17)12(18)9(4)15/h3H,2H2,1H3. The molecule has 0 aromatic heterocycles. The molecular formula is C12H6F6. The molecular weight excluding hydrogens is 258 g/mol. The van der Waals surface area contributed by atoms with E-state index in [0.29, 0.717) is 0 Å². The van der Waals surface area contributed by atoms with E-state index in [1.54, 1.807) is 0 Å². The van der Waals surface area contributed by atoms with Gasteiger partial charge >= 0.3 is 0 Å². The second kappa shape index (κ2) is 4.19. The van der Waals surface area contributed by atoms with Crippen LogP contribution in [0.4, 0.5) is 26.3 Å². The van der Waals surface area contributed by atoms with Crippen molar-refractivity contribution in [3.8, 4) is 0 Å². The minimum Gasteiger partial charge on any atom is -0.206 e. The van der Waals surface area contributed by atoms with Crippen molar-refractivity contribution in [2.24, 2.45) is 0 Å². The highest BCUT2D eigenvalue weighted by atomic mass is 19.2. The third-order valence-corrected chi connectivity index (χ3v) is 2.70. The molecule has 0 atom stereocenters. The van der Waals surface area contributed by atoms with Gasteiger partial charge in [0.15, 0.2) is 29.1 Å². The first-order valence-corrected chi connectivity index (χ1v) is 5.02. The van der Waals surface area contributed by atoms with Crippen LogP contribution in [0.1, 0.15) is 12.5 Å². The van der Waals surface area contributed by atoms with Crippen LogP contribution < -0.4 is 0 Å². The van der Waals surface area contributed by atoms with Crippen LogP contribution in [0.25, 0.3) is 10.8 Å². The predicted octanol–water partition coefficient (Wildman–Crippen LogP) is 4.24. The summed E-state index contributed by atoms with van der Waals surface area (Å²) in [4.78, 5) is 0. The van der Waals surface area contributed by atoms with E-state index in [9.17, 15) is 26.3 Å². The highest BCUT2D eigenvalue weighted by Crippen LogP contribution is 2.33. The van der Waals surface area contributed by atoms with Gasteiger partial charge in [-0.05, 0) is 6.42 Å². The molecule has 0 unspecified atom stereocenters. The maximum atomic E-state index is 13.5. The zero-order valence-electron chi connectivity index (χ0n) is 9.05. The monoisotopic (exact) mass is 264 g/mol. The average molecular weight is 264 g/mol. The number of aryl methyl sites for hydroxylation is 1. The van der Waals surface area contributed by atoms with Gasteiger partial charge in [-0.1, -0.05) is 6.92 Å². The summed E-state index contributed by atoms with van der Waals surface area (Å²) in [7, 11) is 0. The van der Waals surface area contributed by atoms with E-state index in [-0.39, 0.29) is 12.5 Å². The summed E-state index contributed by atoms with van der Waals surface area (Å²) in [5.74, 6) is -10.2. The Labute approximate surface area is 97.8 Å². The largest absolute Gasteiger partial charge is 0.206 e. The predicted molar refractivity (Wildman–Crippen MR) is 53.1 cm³/mol. The molecule has 0 aliphatic rings. The van der Waals surface area contributed by atoms with Crippen molar-refractivity contribution < 1.29 is 26.3 Å². The van der Waals surface area contributed by atoms with Gasteiger partial charge in [-0.3, -0.25) is 0 Å². The second-order valence-electron chi connectivity index (χ2n) is 3.68. The fraction of sp³-hybridized carbons (Fsp3) is 0.167. The third-order valence-electron chi connectivity index (χ3n) is 2.70. The van der Waals surface area contributed by atoms with Crippen LogP contribution in [-0.2, 0) is 6.42 Å². The maximum Gasteiger partial charge on any atom is 0.195 e. The van der Waals surface area contributed by atoms with Crippen LogP contribution in [0.15, 0.2) is 6.07 Å². The van der Waals surface area contributed by atoms with Gasteiger partial charge < -0.3 is 0 Å². The molecule has 2 aromatic rings. The van der Waals surface area contributed by atoms with E-state index in [2.05, 4.69) is 0 Å². The quantitative estimate of drug-likeness (QED) is 0.410. The van der Waals surface area contributed by atoms with Crippen LogP contribution in [0.3, 0.4) is 0 Å². The molecule has 2 rings (SSSR count). The van der Waals surface area contributed by atoms with Gasteiger partial charge in [0.05, 0.1) is 5.39 Å². The van der Waals surface area contributed by atoms with Gasteiger partial charge in [0.1, 0.15) is 5.82 Å². The van der Waals surface area contributed by atoms with Crippen LogP contribution in [0, 0.1) is 34.9 Å². The van der Waals surface area contributed by atoms with Gasteiger partial charge in [-0.2, -0.15) is 0 Å². The van der Waals surface area contributed by atoms with Gasteiger partial charge in [-0.25, -0.2) is 26.3 Å². The molecule has 0 N–H and O–H groups in total. The minimum atomic E-state index is -1.94. The lowest BCUT2D eigenvalue weighted by Crippen LogP contribution is -2.04. The van der Waals surface area contributed by atoms with Crippen molar-refractivity contribution in [3.63, 3.8) is 0 Å². The van der Waals surface area contributed by atoms with E-state index in [4.69, 9.17) is 0 Å². The Morgan fingerprint density at radius 3 is 1.89 bits per heavy atom. The van der Waals surface area contributed by atoms with Crippen molar-refractivity contribution in [2.45, 2.75) is 13.3 Å². The first-order chi connectivity index (χ1) is 8.40. The molecule has 0 aliphatic carbocycles. The van der Waals surface area contributed by atoms with Crippen LogP contribution in [-0.4, -0.2) is 0 Å². The van der Waals surface area contributed by atoms with Crippen LogP contribution in [0.5, 0.6) is 0 Å². The number of halogens is 6. The number of benzene rings is 2. The highest BCUT2D eigenvalue weighted by Gasteiger charge is 2.25. The molecule has 0 nitrogen and oxygen atoms in total. The van der Waals surface area contributed by atoms with Crippen molar-refractivity contribution in [1.82, 2.24) is 0 Å². The topological polar surface area (TPSA) is 0 Å². The molecule has 0 saturated heterocycles. The molecule has 96 valence electrons. The lowest BCUT2D eigenvalue weighted by atomic mass is 9.99. The molecule has 0 fully saturated rings. The second-order valence-corrected chi connectivity index (χ2v) is 3.68. The normalized spacial score (nSPS) is 11.3. The third kappa shape index (κ3) is 1.55. The zero-order valence-corrected chi connectivity index (χ0v) is 9.05. The maximum absolute atomic E-state index is 13.5. The van der Waals surface area contributed by atoms with E-state index >= 15 is 0 Å². The lowest BCUT2D eigenvalue weighted by Gasteiger charge is -2.11. The Hall–Kier alpha value is -1.72. The SMILES string of the molecule is CCc1c(F)c(F)c(F)c2c(F)c(F)cc(F)c12. The van der Waals surface area contributed by atoms with Gasteiger partial charge in [0.25, 0.3) is 0 Å². The molecule has 6 heteroatoms. The molecule has 0 saturated carbocycles.